The number of fused-ring (bicyclic) bond motifs is 1. The van der Waals surface area contributed by atoms with Gasteiger partial charge in [-0.3, -0.25) is 9.36 Å². The maximum absolute atomic E-state index is 12.6. The van der Waals surface area contributed by atoms with Crippen LogP contribution < -0.4 is 19.7 Å². The zero-order valence-electron chi connectivity index (χ0n) is 18.6. The Morgan fingerprint density at radius 1 is 1.09 bits per heavy atom. The first-order chi connectivity index (χ1) is 16.2. The largest absolute Gasteiger partial charge is 0.486 e. The smallest absolute Gasteiger partial charge is 0.232 e. The number of anilines is 1. The summed E-state index contributed by atoms with van der Waals surface area (Å²) in [5.41, 5.74) is 2.20. The number of carbonyl (C=O) groups excluding carboxylic acids is 1. The number of thioether (sulfide) groups is 1. The number of carbonyl (C=O) groups is 1. The maximum Gasteiger partial charge on any atom is 0.232 e. The summed E-state index contributed by atoms with van der Waals surface area (Å²) < 4.78 is 13.7. The molecule has 0 radical (unpaired) electrons. The van der Waals surface area contributed by atoms with E-state index in [9.17, 15) is 4.79 Å². The van der Waals surface area contributed by atoms with E-state index in [-0.39, 0.29) is 17.8 Å². The normalized spacial score (nSPS) is 17.2. The number of nitrogens with one attached hydrogen (secondary N) is 1. The topological polar surface area (TPSA) is 81.5 Å². The third kappa shape index (κ3) is 4.93. The molecule has 2 aromatic carbocycles. The average molecular weight is 466 g/mol. The molecule has 0 saturated carbocycles. The second-order valence-electron chi connectivity index (χ2n) is 8.24. The van der Waals surface area contributed by atoms with Crippen molar-refractivity contribution < 1.29 is 14.3 Å². The van der Waals surface area contributed by atoms with Crippen LogP contribution in [0.25, 0.3) is 5.69 Å². The predicted molar refractivity (Wildman–Crippen MR) is 128 cm³/mol. The van der Waals surface area contributed by atoms with Gasteiger partial charge in [-0.05, 0) is 44.0 Å². The van der Waals surface area contributed by atoms with Gasteiger partial charge in [0, 0.05) is 13.1 Å². The Labute approximate surface area is 197 Å². The van der Waals surface area contributed by atoms with Crippen LogP contribution in [0.5, 0.6) is 11.5 Å². The minimum atomic E-state index is -0.216. The molecule has 2 aliphatic heterocycles. The lowest BCUT2D eigenvalue weighted by Gasteiger charge is -2.26. The lowest BCUT2D eigenvalue weighted by atomic mass is 10.2. The molecule has 1 unspecified atom stereocenters. The summed E-state index contributed by atoms with van der Waals surface area (Å²) in [5, 5.41) is 12.5. The van der Waals surface area contributed by atoms with E-state index in [1.54, 1.807) is 0 Å². The molecular weight excluding hydrogens is 438 g/mol. The van der Waals surface area contributed by atoms with Gasteiger partial charge in [0.05, 0.1) is 18.0 Å². The van der Waals surface area contributed by atoms with Gasteiger partial charge in [0.2, 0.25) is 11.9 Å². The van der Waals surface area contributed by atoms with Gasteiger partial charge in [-0.2, -0.15) is 0 Å². The number of rotatable bonds is 7. The molecule has 3 heterocycles. The number of para-hydroxylation sites is 2. The van der Waals surface area contributed by atoms with Crippen LogP contribution in [0.4, 0.5) is 5.95 Å². The van der Waals surface area contributed by atoms with Crippen LogP contribution in [-0.4, -0.2) is 58.8 Å². The fourth-order valence-corrected chi connectivity index (χ4v) is 4.75. The highest BCUT2D eigenvalue weighted by molar-refractivity contribution is 7.99. The summed E-state index contributed by atoms with van der Waals surface area (Å²) in [4.78, 5) is 14.8. The zero-order valence-corrected chi connectivity index (χ0v) is 19.4. The van der Waals surface area contributed by atoms with Crippen LogP contribution in [0.1, 0.15) is 18.4 Å². The molecule has 0 aliphatic carbocycles. The molecule has 0 spiro atoms. The van der Waals surface area contributed by atoms with Gasteiger partial charge in [-0.15, -0.1) is 10.2 Å². The van der Waals surface area contributed by atoms with Crippen molar-refractivity contribution in [2.24, 2.45) is 0 Å². The molecule has 0 bridgehead atoms. The van der Waals surface area contributed by atoms with Crippen molar-refractivity contribution in [3.63, 3.8) is 0 Å². The van der Waals surface area contributed by atoms with Crippen molar-refractivity contribution in [1.29, 1.82) is 0 Å². The van der Waals surface area contributed by atoms with E-state index < -0.39 is 0 Å². The average Bonchev–Trinajstić information content (AvgIpc) is 3.52. The van der Waals surface area contributed by atoms with Crippen LogP contribution >= 0.6 is 11.8 Å². The Morgan fingerprint density at radius 2 is 1.85 bits per heavy atom. The van der Waals surface area contributed by atoms with E-state index in [0.29, 0.717) is 24.1 Å². The zero-order chi connectivity index (χ0) is 22.6. The number of hydrogen-bond acceptors (Lipinski definition) is 7. The number of aryl methyl sites for hydroxylation is 1. The SMILES string of the molecule is Cc1ccc(-n2c(SCC(=O)NCC3COc4ccccc4O3)nnc2N2CCCC2)cc1. The van der Waals surface area contributed by atoms with Crippen molar-refractivity contribution in [1.82, 2.24) is 20.1 Å². The van der Waals surface area contributed by atoms with E-state index in [2.05, 4.69) is 56.2 Å². The van der Waals surface area contributed by atoms with E-state index in [0.717, 1.165) is 43.3 Å². The van der Waals surface area contributed by atoms with Crippen LogP contribution in [0.3, 0.4) is 0 Å². The monoisotopic (exact) mass is 465 g/mol. The van der Waals surface area contributed by atoms with E-state index in [1.165, 1.54) is 17.3 Å². The van der Waals surface area contributed by atoms with Gasteiger partial charge < -0.3 is 19.7 Å². The standard InChI is InChI=1S/C24H27N5O3S/c1-17-8-10-18(11-9-17)29-23(28-12-4-5-13-28)26-27-24(29)33-16-22(30)25-14-19-15-31-20-6-2-3-7-21(20)32-19/h2-3,6-11,19H,4-5,12-16H2,1H3,(H,25,30). The number of nitrogens with zero attached hydrogens (tertiary/aromatic N) is 4. The highest BCUT2D eigenvalue weighted by Gasteiger charge is 2.24. The lowest BCUT2D eigenvalue weighted by Crippen LogP contribution is -2.41. The Morgan fingerprint density at radius 3 is 2.64 bits per heavy atom. The highest BCUT2D eigenvalue weighted by Crippen LogP contribution is 2.31. The fraction of sp³-hybridized carbons (Fsp3) is 0.375. The molecule has 1 fully saturated rings. The van der Waals surface area contributed by atoms with Crippen LogP contribution in [0.2, 0.25) is 0 Å². The Kier molecular flexibility index (Phi) is 6.39. The molecule has 1 amide bonds. The Balaban J connectivity index is 1.22. The molecule has 8 nitrogen and oxygen atoms in total. The maximum atomic E-state index is 12.6. The van der Waals surface area contributed by atoms with E-state index in [4.69, 9.17) is 9.47 Å². The van der Waals surface area contributed by atoms with Gasteiger partial charge in [0.1, 0.15) is 12.7 Å². The van der Waals surface area contributed by atoms with Crippen molar-refractivity contribution in [2.75, 3.05) is 36.9 Å². The van der Waals surface area contributed by atoms with E-state index in [1.807, 2.05) is 24.3 Å². The van der Waals surface area contributed by atoms with Gasteiger partial charge in [0.25, 0.3) is 0 Å². The number of aromatic nitrogens is 3. The van der Waals surface area contributed by atoms with E-state index >= 15 is 0 Å². The molecule has 1 saturated heterocycles. The van der Waals surface area contributed by atoms with Crippen molar-refractivity contribution in [2.45, 2.75) is 31.0 Å². The molecule has 1 atom stereocenters. The summed E-state index contributed by atoms with van der Waals surface area (Å²) in [6.45, 7) is 4.81. The van der Waals surface area contributed by atoms with Crippen LogP contribution in [0, 0.1) is 6.92 Å². The van der Waals surface area contributed by atoms with Gasteiger partial charge in [-0.1, -0.05) is 41.6 Å². The molecule has 172 valence electrons. The summed E-state index contributed by atoms with van der Waals surface area (Å²) in [6, 6.07) is 15.9. The number of ether oxygens (including phenoxy) is 2. The van der Waals surface area contributed by atoms with Crippen molar-refractivity contribution in [3.8, 4) is 17.2 Å². The second-order valence-corrected chi connectivity index (χ2v) is 9.18. The molecule has 5 rings (SSSR count). The predicted octanol–water partition coefficient (Wildman–Crippen LogP) is 3.22. The molecule has 2 aliphatic rings. The summed E-state index contributed by atoms with van der Waals surface area (Å²) in [5.74, 6) is 2.45. The lowest BCUT2D eigenvalue weighted by molar-refractivity contribution is -0.119. The molecule has 9 heteroatoms. The minimum absolute atomic E-state index is 0.0800. The molecule has 33 heavy (non-hydrogen) atoms. The fourth-order valence-electron chi connectivity index (χ4n) is 3.97. The second kappa shape index (κ2) is 9.74. The minimum Gasteiger partial charge on any atom is -0.486 e. The van der Waals surface area contributed by atoms with Gasteiger partial charge in [-0.25, -0.2) is 0 Å². The summed E-state index contributed by atoms with van der Waals surface area (Å²) >= 11 is 1.39. The van der Waals surface area contributed by atoms with Crippen LogP contribution in [0.15, 0.2) is 53.7 Å². The number of benzene rings is 2. The van der Waals surface area contributed by atoms with Crippen molar-refractivity contribution in [3.05, 3.63) is 54.1 Å². The first-order valence-corrected chi connectivity index (χ1v) is 12.2. The molecular formula is C24H27N5O3S. The van der Waals surface area contributed by atoms with Gasteiger partial charge in [0.15, 0.2) is 16.7 Å². The molecule has 1 N–H and O–H groups in total. The van der Waals surface area contributed by atoms with Crippen molar-refractivity contribution >= 4 is 23.6 Å². The third-order valence-electron chi connectivity index (χ3n) is 5.72. The first kappa shape index (κ1) is 21.6. The third-order valence-corrected chi connectivity index (χ3v) is 6.65. The summed E-state index contributed by atoms with van der Waals surface area (Å²) in [7, 11) is 0. The molecule has 1 aromatic heterocycles. The Hall–Kier alpha value is -3.20. The number of hydrogen-bond donors (Lipinski definition) is 1. The quantitative estimate of drug-likeness (QED) is 0.537. The Bertz CT molecular complexity index is 1110. The van der Waals surface area contributed by atoms with Crippen LogP contribution in [-0.2, 0) is 4.79 Å². The first-order valence-electron chi connectivity index (χ1n) is 11.2. The van der Waals surface area contributed by atoms with Gasteiger partial charge >= 0.3 is 0 Å². The number of amides is 1. The summed E-state index contributed by atoms with van der Waals surface area (Å²) in [6.07, 6.45) is 2.10. The highest BCUT2D eigenvalue weighted by atomic mass is 32.2. The molecule has 3 aromatic rings.